The second kappa shape index (κ2) is 5.00. The summed E-state index contributed by atoms with van der Waals surface area (Å²) >= 11 is 2.27. The Bertz CT molecular complexity index is 895. The van der Waals surface area contributed by atoms with Crippen LogP contribution in [-0.2, 0) is 0 Å². The van der Waals surface area contributed by atoms with Crippen molar-refractivity contribution in [3.05, 3.63) is 58.3 Å². The predicted molar refractivity (Wildman–Crippen MR) is 89.7 cm³/mol. The molecule has 0 radical (unpaired) electrons. The van der Waals surface area contributed by atoms with Gasteiger partial charge in [-0.05, 0) is 64.6 Å². The monoisotopic (exact) mass is 387 g/mol. The second-order valence-corrected chi connectivity index (χ2v) is 5.92. The molecular weight excluding hydrogens is 377 g/mol. The highest BCUT2D eigenvalue weighted by Gasteiger charge is 2.09. The molecule has 0 aliphatic heterocycles. The fraction of sp³-hybridized carbons (Fsp3) is 0. The van der Waals surface area contributed by atoms with E-state index in [0.717, 1.165) is 31.5 Å². The first kappa shape index (κ1) is 12.6. The van der Waals surface area contributed by atoms with E-state index in [-0.39, 0.29) is 0 Å². The van der Waals surface area contributed by atoms with E-state index in [1.807, 2.05) is 48.5 Å². The number of aromatic amines is 1. The van der Waals surface area contributed by atoms with Crippen molar-refractivity contribution in [2.24, 2.45) is 0 Å². The summed E-state index contributed by atoms with van der Waals surface area (Å²) in [6.07, 6.45) is 1.74. The maximum Gasteiger partial charge on any atom is 0.227 e. The lowest BCUT2D eigenvalue weighted by molar-refractivity contribution is 0.620. The summed E-state index contributed by atoms with van der Waals surface area (Å²) < 4.78 is 6.95. The third-order valence-corrected chi connectivity index (χ3v) is 3.96. The number of oxazole rings is 1. The topological polar surface area (TPSA) is 54.7 Å². The van der Waals surface area contributed by atoms with Crippen LogP contribution in [0.3, 0.4) is 0 Å². The molecule has 4 aromatic rings. The first-order valence-electron chi connectivity index (χ1n) is 6.46. The summed E-state index contributed by atoms with van der Waals surface area (Å²) in [4.78, 5) is 4.54. The van der Waals surface area contributed by atoms with E-state index >= 15 is 0 Å². The summed E-state index contributed by atoms with van der Waals surface area (Å²) in [6.45, 7) is 0. The van der Waals surface area contributed by atoms with Crippen LogP contribution in [-0.4, -0.2) is 15.2 Å². The minimum absolute atomic E-state index is 0.642. The number of benzene rings is 2. The largest absolute Gasteiger partial charge is 0.436 e. The van der Waals surface area contributed by atoms with Crippen LogP contribution in [0.25, 0.3) is 33.8 Å². The molecule has 0 unspecified atom stereocenters. The van der Waals surface area contributed by atoms with Gasteiger partial charge in [0.2, 0.25) is 5.89 Å². The van der Waals surface area contributed by atoms with Gasteiger partial charge >= 0.3 is 0 Å². The third-order valence-electron chi connectivity index (χ3n) is 3.29. The first-order chi connectivity index (χ1) is 10.3. The number of hydrogen-bond donors (Lipinski definition) is 1. The van der Waals surface area contributed by atoms with E-state index in [0.29, 0.717) is 5.89 Å². The fourth-order valence-electron chi connectivity index (χ4n) is 2.23. The van der Waals surface area contributed by atoms with E-state index < -0.39 is 0 Å². The lowest BCUT2D eigenvalue weighted by atomic mass is 10.1. The summed E-state index contributed by atoms with van der Waals surface area (Å²) in [7, 11) is 0. The smallest absolute Gasteiger partial charge is 0.227 e. The Morgan fingerprint density at radius 1 is 0.952 bits per heavy atom. The molecule has 4 nitrogen and oxygen atoms in total. The molecule has 0 spiro atoms. The van der Waals surface area contributed by atoms with Crippen molar-refractivity contribution >= 4 is 33.7 Å². The zero-order valence-electron chi connectivity index (χ0n) is 10.9. The van der Waals surface area contributed by atoms with E-state index in [2.05, 4.69) is 37.8 Å². The molecule has 0 saturated carbocycles. The third kappa shape index (κ3) is 2.33. The van der Waals surface area contributed by atoms with Crippen LogP contribution in [0.15, 0.2) is 59.1 Å². The molecule has 21 heavy (non-hydrogen) atoms. The second-order valence-electron chi connectivity index (χ2n) is 4.68. The number of fused-ring (bicyclic) bond motifs is 1. The van der Waals surface area contributed by atoms with E-state index in [9.17, 15) is 0 Å². The SMILES string of the molecule is Ic1ccc2oc(-c3ccc(-c4ccn[nH]4)cc3)nc2c1. The molecule has 1 N–H and O–H groups in total. The van der Waals surface area contributed by atoms with Crippen LogP contribution in [0.2, 0.25) is 0 Å². The minimum atomic E-state index is 0.642. The van der Waals surface area contributed by atoms with Gasteiger partial charge in [0.25, 0.3) is 0 Å². The van der Waals surface area contributed by atoms with Crippen LogP contribution in [0.4, 0.5) is 0 Å². The highest BCUT2D eigenvalue weighted by atomic mass is 127. The zero-order chi connectivity index (χ0) is 14.2. The number of hydrogen-bond acceptors (Lipinski definition) is 3. The molecule has 4 rings (SSSR count). The number of aromatic nitrogens is 3. The van der Waals surface area contributed by atoms with Crippen molar-refractivity contribution < 1.29 is 4.42 Å². The van der Waals surface area contributed by atoms with Crippen LogP contribution in [0.5, 0.6) is 0 Å². The Morgan fingerprint density at radius 2 is 1.76 bits per heavy atom. The van der Waals surface area contributed by atoms with Crippen molar-refractivity contribution in [3.8, 4) is 22.7 Å². The van der Waals surface area contributed by atoms with Crippen LogP contribution >= 0.6 is 22.6 Å². The van der Waals surface area contributed by atoms with Crippen molar-refractivity contribution in [2.75, 3.05) is 0 Å². The summed E-state index contributed by atoms with van der Waals surface area (Å²) in [5, 5.41) is 6.91. The Morgan fingerprint density at radius 3 is 2.52 bits per heavy atom. The Kier molecular flexibility index (Phi) is 2.99. The molecule has 2 aromatic heterocycles. The molecule has 0 atom stereocenters. The van der Waals surface area contributed by atoms with Crippen molar-refractivity contribution in [1.82, 2.24) is 15.2 Å². The quantitative estimate of drug-likeness (QED) is 0.516. The number of rotatable bonds is 2. The van der Waals surface area contributed by atoms with Gasteiger partial charge in [-0.25, -0.2) is 4.98 Å². The van der Waals surface area contributed by atoms with Gasteiger partial charge in [-0.3, -0.25) is 5.10 Å². The first-order valence-corrected chi connectivity index (χ1v) is 7.54. The summed E-state index contributed by atoms with van der Waals surface area (Å²) in [5.74, 6) is 0.642. The lowest BCUT2D eigenvalue weighted by Gasteiger charge is -1.99. The zero-order valence-corrected chi connectivity index (χ0v) is 13.0. The molecule has 0 aliphatic rings. The number of nitrogens with one attached hydrogen (secondary N) is 1. The molecule has 102 valence electrons. The van der Waals surface area contributed by atoms with Crippen molar-refractivity contribution in [2.45, 2.75) is 0 Å². The minimum Gasteiger partial charge on any atom is -0.436 e. The summed E-state index contributed by atoms with van der Waals surface area (Å²) in [6, 6.07) is 16.0. The van der Waals surface area contributed by atoms with E-state index in [4.69, 9.17) is 4.42 Å². The molecule has 5 heteroatoms. The summed E-state index contributed by atoms with van der Waals surface area (Å²) in [5.41, 5.74) is 4.73. The Labute approximate surface area is 134 Å². The number of halogens is 1. The normalized spacial score (nSPS) is 11.1. The number of nitrogens with zero attached hydrogens (tertiary/aromatic N) is 2. The van der Waals surface area contributed by atoms with Gasteiger partial charge in [-0.1, -0.05) is 12.1 Å². The highest BCUT2D eigenvalue weighted by Crippen LogP contribution is 2.27. The van der Waals surface area contributed by atoms with E-state index in [1.165, 1.54) is 0 Å². The molecule has 0 fully saturated rings. The average molecular weight is 387 g/mol. The molecule has 0 amide bonds. The maximum absolute atomic E-state index is 5.81. The van der Waals surface area contributed by atoms with Crippen molar-refractivity contribution in [1.29, 1.82) is 0 Å². The lowest BCUT2D eigenvalue weighted by Crippen LogP contribution is -1.80. The average Bonchev–Trinajstić information content (AvgIpc) is 3.16. The molecule has 0 saturated heterocycles. The van der Waals surface area contributed by atoms with Gasteiger partial charge in [0.05, 0.1) is 5.69 Å². The highest BCUT2D eigenvalue weighted by molar-refractivity contribution is 14.1. The van der Waals surface area contributed by atoms with Crippen molar-refractivity contribution in [3.63, 3.8) is 0 Å². The Hall–Kier alpha value is -2.15. The van der Waals surface area contributed by atoms with Gasteiger partial charge < -0.3 is 4.42 Å². The van der Waals surface area contributed by atoms with Crippen LogP contribution in [0, 0.1) is 3.57 Å². The fourth-order valence-corrected chi connectivity index (χ4v) is 2.71. The molecule has 0 bridgehead atoms. The molecule has 2 heterocycles. The maximum atomic E-state index is 5.81. The van der Waals surface area contributed by atoms with Crippen LogP contribution in [0.1, 0.15) is 0 Å². The van der Waals surface area contributed by atoms with Gasteiger partial charge in [-0.15, -0.1) is 0 Å². The van der Waals surface area contributed by atoms with Gasteiger partial charge in [0.15, 0.2) is 5.58 Å². The number of H-pyrrole nitrogens is 1. The predicted octanol–water partition coefficient (Wildman–Crippen LogP) is 4.49. The van der Waals surface area contributed by atoms with Gasteiger partial charge in [0, 0.05) is 15.3 Å². The molecule has 2 aromatic carbocycles. The standard InChI is InChI=1S/C16H10IN3O/c17-12-5-6-15-14(9-12)19-16(21-15)11-3-1-10(2-4-11)13-7-8-18-20-13/h1-9H,(H,18,20). The van der Waals surface area contributed by atoms with Gasteiger partial charge in [-0.2, -0.15) is 5.10 Å². The molecular formula is C16H10IN3O. The van der Waals surface area contributed by atoms with Gasteiger partial charge in [0.1, 0.15) is 5.52 Å². The van der Waals surface area contributed by atoms with Crippen LogP contribution < -0.4 is 0 Å². The Balaban J connectivity index is 1.74. The molecule has 0 aliphatic carbocycles. The van der Waals surface area contributed by atoms with E-state index in [1.54, 1.807) is 6.20 Å².